The number of rotatable bonds is 13. The molecule has 0 saturated carbocycles. The molecule has 18 nitrogen and oxygen atoms in total. The predicted octanol–water partition coefficient (Wildman–Crippen LogP) is -3.11. The van der Waals surface area contributed by atoms with E-state index in [0.717, 1.165) is 6.92 Å². The van der Waals surface area contributed by atoms with E-state index in [1.807, 2.05) is 0 Å². The number of unbranched alkanes of at least 4 members (excludes halogenated alkanes) is 1. The summed E-state index contributed by atoms with van der Waals surface area (Å²) >= 11 is 0. The molecule has 4 unspecified atom stereocenters. The van der Waals surface area contributed by atoms with Crippen molar-refractivity contribution in [2.75, 3.05) is 32.9 Å². The average Bonchev–Trinajstić information content (AvgIpc) is 3.32. The van der Waals surface area contributed by atoms with Gasteiger partial charge in [-0.1, -0.05) is 6.08 Å². The normalized spacial score (nSPS) is 37.8. The van der Waals surface area contributed by atoms with Gasteiger partial charge >= 0.3 is 18.2 Å². The van der Waals surface area contributed by atoms with Gasteiger partial charge in [-0.15, -0.1) is 6.58 Å². The Labute approximate surface area is 240 Å². The number of amides is 2. The second kappa shape index (κ2) is 15.2. The van der Waals surface area contributed by atoms with Crippen molar-refractivity contribution in [1.82, 2.24) is 10.6 Å². The standard InChI is InChI=1S/C24H38N2O16/c1-3-4-5-8-36-22(34)25-6-7-26-23(35)37-10-12-17(40-19-15(30)14(29)13(28)11(9-27)38-19)16(31)18-20(39-12)42-24(2,41-18)21(32)33/h3,11-20,27-31H,1,4-10H2,2H3,(H,25,34)(H,26,35)(H,32,33)/t11?,12-,13+,14+,15?,16?,17-,18?,19+,20-,24-/m1/s1. The van der Waals surface area contributed by atoms with Crippen molar-refractivity contribution < 1.29 is 78.2 Å². The fourth-order valence-electron chi connectivity index (χ4n) is 4.34. The Morgan fingerprint density at radius 1 is 0.929 bits per heavy atom. The maximum absolute atomic E-state index is 12.3. The highest BCUT2D eigenvalue weighted by Crippen LogP contribution is 2.38. The molecule has 3 rings (SSSR count). The Bertz CT molecular complexity index is 938. The first kappa shape index (κ1) is 33.8. The van der Waals surface area contributed by atoms with E-state index in [1.54, 1.807) is 6.08 Å². The molecule has 2 amide bonds. The minimum Gasteiger partial charge on any atom is -0.477 e. The highest BCUT2D eigenvalue weighted by molar-refractivity contribution is 5.75. The topological polar surface area (TPSA) is 261 Å². The molecule has 3 aliphatic rings. The summed E-state index contributed by atoms with van der Waals surface area (Å²) in [5, 5.41) is 65.3. The molecular formula is C24H38N2O16. The summed E-state index contributed by atoms with van der Waals surface area (Å²) in [6, 6.07) is 0. The van der Waals surface area contributed by atoms with Crippen LogP contribution in [0.4, 0.5) is 9.59 Å². The largest absolute Gasteiger partial charge is 0.477 e. The molecule has 8 N–H and O–H groups in total. The van der Waals surface area contributed by atoms with Crippen LogP contribution in [0.5, 0.6) is 0 Å². The van der Waals surface area contributed by atoms with E-state index < -0.39 is 98.6 Å². The van der Waals surface area contributed by atoms with Crippen LogP contribution >= 0.6 is 0 Å². The quantitative estimate of drug-likeness (QED) is 0.0758. The van der Waals surface area contributed by atoms with Crippen LogP contribution in [0.3, 0.4) is 0 Å². The number of allylic oxidation sites excluding steroid dienone is 1. The summed E-state index contributed by atoms with van der Waals surface area (Å²) in [4.78, 5) is 35.5. The third-order valence-corrected chi connectivity index (χ3v) is 6.68. The van der Waals surface area contributed by atoms with Crippen LogP contribution in [0.2, 0.25) is 0 Å². The first-order valence-electron chi connectivity index (χ1n) is 13.2. The number of aliphatic carboxylic acids is 1. The van der Waals surface area contributed by atoms with Gasteiger partial charge in [-0.3, -0.25) is 0 Å². The third-order valence-electron chi connectivity index (χ3n) is 6.68. The van der Waals surface area contributed by atoms with E-state index in [9.17, 15) is 45.0 Å². The summed E-state index contributed by atoms with van der Waals surface area (Å²) in [5.41, 5.74) is 0. The van der Waals surface area contributed by atoms with Gasteiger partial charge in [-0.25, -0.2) is 14.4 Å². The number of hydrogen-bond acceptors (Lipinski definition) is 15. The van der Waals surface area contributed by atoms with Crippen molar-refractivity contribution in [2.24, 2.45) is 0 Å². The summed E-state index contributed by atoms with van der Waals surface area (Å²) in [6.07, 6.45) is -14.4. The van der Waals surface area contributed by atoms with Crippen LogP contribution in [0.25, 0.3) is 0 Å². The summed E-state index contributed by atoms with van der Waals surface area (Å²) in [5.74, 6) is -3.71. The van der Waals surface area contributed by atoms with E-state index in [4.69, 9.17) is 33.2 Å². The second-order valence-corrected chi connectivity index (χ2v) is 9.80. The highest BCUT2D eigenvalue weighted by atomic mass is 16.8. The average molecular weight is 611 g/mol. The number of alkyl carbamates (subject to hydrolysis) is 2. The molecule has 0 spiro atoms. The molecule has 3 saturated heterocycles. The van der Waals surface area contributed by atoms with Crippen molar-refractivity contribution in [3.8, 4) is 0 Å². The minimum atomic E-state index is -2.20. The highest BCUT2D eigenvalue weighted by Gasteiger charge is 2.60. The number of aliphatic hydroxyl groups is 5. The number of carboxylic acids is 1. The lowest BCUT2D eigenvalue weighted by Crippen LogP contribution is -2.64. The van der Waals surface area contributed by atoms with Crippen molar-refractivity contribution in [1.29, 1.82) is 0 Å². The fraction of sp³-hybridized carbons (Fsp3) is 0.792. The first-order chi connectivity index (χ1) is 19.9. The minimum absolute atomic E-state index is 0.0135. The molecule has 0 bridgehead atoms. The Hall–Kier alpha value is -2.65. The van der Waals surface area contributed by atoms with E-state index in [1.165, 1.54) is 0 Å². The molecule has 0 aromatic rings. The fourth-order valence-corrected chi connectivity index (χ4v) is 4.34. The number of nitrogens with one attached hydrogen (secondary N) is 2. The van der Waals surface area contributed by atoms with Gasteiger partial charge in [0.25, 0.3) is 5.79 Å². The van der Waals surface area contributed by atoms with Gasteiger partial charge in [-0.2, -0.15) is 0 Å². The number of aliphatic hydroxyl groups excluding tert-OH is 5. The zero-order chi connectivity index (χ0) is 31.0. The number of ether oxygens (including phenoxy) is 7. The zero-order valence-corrected chi connectivity index (χ0v) is 22.8. The predicted molar refractivity (Wildman–Crippen MR) is 133 cm³/mol. The van der Waals surface area contributed by atoms with Crippen LogP contribution in [-0.4, -0.2) is 149 Å². The molecule has 11 atom stereocenters. The van der Waals surface area contributed by atoms with Crippen molar-refractivity contribution in [3.63, 3.8) is 0 Å². The van der Waals surface area contributed by atoms with E-state index in [0.29, 0.717) is 12.8 Å². The first-order valence-corrected chi connectivity index (χ1v) is 13.2. The van der Waals surface area contributed by atoms with Crippen molar-refractivity contribution in [2.45, 2.75) is 87.0 Å². The molecule has 0 aromatic carbocycles. The molecule has 18 heteroatoms. The Morgan fingerprint density at radius 2 is 1.60 bits per heavy atom. The van der Waals surface area contributed by atoms with E-state index in [2.05, 4.69) is 17.2 Å². The van der Waals surface area contributed by atoms with Crippen LogP contribution in [0, 0.1) is 0 Å². The molecule has 0 aliphatic carbocycles. The van der Waals surface area contributed by atoms with Crippen LogP contribution < -0.4 is 10.6 Å². The lowest BCUT2D eigenvalue weighted by Gasteiger charge is -2.45. The van der Waals surface area contributed by atoms with Crippen molar-refractivity contribution in [3.05, 3.63) is 12.7 Å². The zero-order valence-electron chi connectivity index (χ0n) is 22.8. The molecule has 0 radical (unpaired) electrons. The number of carboxylic acid groups (broad SMARTS) is 1. The second-order valence-electron chi connectivity index (χ2n) is 9.80. The Kier molecular flexibility index (Phi) is 12.2. The molecule has 3 fully saturated rings. The summed E-state index contributed by atoms with van der Waals surface area (Å²) in [7, 11) is 0. The van der Waals surface area contributed by atoms with Gasteiger partial charge < -0.3 is 74.4 Å². The molecule has 0 aromatic heterocycles. The van der Waals surface area contributed by atoms with Gasteiger partial charge in [0.15, 0.2) is 12.6 Å². The summed E-state index contributed by atoms with van der Waals surface area (Å²) in [6.45, 7) is 3.48. The summed E-state index contributed by atoms with van der Waals surface area (Å²) < 4.78 is 37.5. The molecule has 3 aliphatic heterocycles. The van der Waals surface area contributed by atoms with Crippen LogP contribution in [-0.2, 0) is 38.0 Å². The van der Waals surface area contributed by atoms with Gasteiger partial charge in [0.05, 0.1) is 13.2 Å². The Balaban J connectivity index is 1.60. The van der Waals surface area contributed by atoms with Gasteiger partial charge in [0.2, 0.25) is 0 Å². The molecular weight excluding hydrogens is 572 g/mol. The van der Waals surface area contributed by atoms with Gasteiger partial charge in [-0.05, 0) is 12.8 Å². The van der Waals surface area contributed by atoms with Gasteiger partial charge in [0.1, 0.15) is 55.4 Å². The lowest BCUT2D eigenvalue weighted by atomic mass is 9.97. The van der Waals surface area contributed by atoms with Gasteiger partial charge in [0, 0.05) is 20.0 Å². The number of carbonyl (C=O) groups excluding carboxylic acids is 2. The number of fused-ring (bicyclic) bond motifs is 1. The molecule has 42 heavy (non-hydrogen) atoms. The number of carbonyl (C=O) groups is 3. The molecule has 240 valence electrons. The third kappa shape index (κ3) is 8.25. The molecule has 3 heterocycles. The van der Waals surface area contributed by atoms with E-state index in [-0.39, 0.29) is 19.7 Å². The Morgan fingerprint density at radius 3 is 2.21 bits per heavy atom. The number of hydrogen-bond donors (Lipinski definition) is 8. The maximum Gasteiger partial charge on any atom is 0.407 e. The van der Waals surface area contributed by atoms with Crippen LogP contribution in [0.15, 0.2) is 12.7 Å². The van der Waals surface area contributed by atoms with E-state index >= 15 is 0 Å². The smallest absolute Gasteiger partial charge is 0.407 e. The SMILES string of the molecule is C=CCCCOC(=O)NCCNC(=O)OC[C@H]1O[C@@H]2O[C@](C)(C(=O)O)OC2C(O)[C@@H]1O[C@@H]1OC(CO)[C@H](O)[C@H](O)C1O. The lowest BCUT2D eigenvalue weighted by molar-refractivity contribution is -0.345. The van der Waals surface area contributed by atoms with Crippen LogP contribution in [0.1, 0.15) is 19.8 Å². The maximum atomic E-state index is 12.3. The monoisotopic (exact) mass is 610 g/mol. The van der Waals surface area contributed by atoms with Crippen molar-refractivity contribution >= 4 is 18.2 Å².